The smallest absolute Gasteiger partial charge is 0.128 e. The molecule has 2 unspecified atom stereocenters. The lowest BCUT2D eigenvalue weighted by Crippen LogP contribution is -2.44. The van der Waals surface area contributed by atoms with Gasteiger partial charge in [-0.1, -0.05) is 17.3 Å². The highest BCUT2D eigenvalue weighted by Gasteiger charge is 2.41. The summed E-state index contributed by atoms with van der Waals surface area (Å²) in [6.45, 7) is 3.88. The molecule has 1 aromatic carbocycles. The van der Waals surface area contributed by atoms with Gasteiger partial charge in [0.05, 0.1) is 24.5 Å². The molecule has 2 atom stereocenters. The second kappa shape index (κ2) is 6.03. The molecule has 5 nitrogen and oxygen atoms in total. The molecule has 2 heterocycles. The second-order valence-electron chi connectivity index (χ2n) is 5.75. The summed E-state index contributed by atoms with van der Waals surface area (Å²) in [4.78, 5) is 0. The molecule has 1 spiro atoms. The highest BCUT2D eigenvalue weighted by Crippen LogP contribution is 2.35. The fourth-order valence-electron chi connectivity index (χ4n) is 3.05. The van der Waals surface area contributed by atoms with Gasteiger partial charge in [0.2, 0.25) is 0 Å². The first-order valence-corrected chi connectivity index (χ1v) is 7.39. The van der Waals surface area contributed by atoms with Gasteiger partial charge in [0.25, 0.3) is 0 Å². The van der Waals surface area contributed by atoms with Crippen LogP contribution in [-0.2, 0) is 9.47 Å². The van der Waals surface area contributed by atoms with E-state index in [2.05, 4.69) is 5.16 Å². The number of nitrogens with zero attached hydrogens (tertiary/aromatic N) is 1. The first-order valence-electron chi connectivity index (χ1n) is 7.39. The van der Waals surface area contributed by atoms with E-state index in [1.807, 2.05) is 24.3 Å². The van der Waals surface area contributed by atoms with Crippen molar-refractivity contribution >= 4 is 5.71 Å². The lowest BCUT2D eigenvalue weighted by molar-refractivity contribution is -0.112. The van der Waals surface area contributed by atoms with E-state index in [4.69, 9.17) is 19.4 Å². The Morgan fingerprint density at radius 2 is 2.24 bits per heavy atom. The lowest BCUT2D eigenvalue weighted by Gasteiger charge is -2.37. The summed E-state index contributed by atoms with van der Waals surface area (Å²) in [6, 6.07) is 7.65. The van der Waals surface area contributed by atoms with Crippen LogP contribution in [-0.4, -0.2) is 42.4 Å². The van der Waals surface area contributed by atoms with Gasteiger partial charge in [-0.05, 0) is 19.1 Å². The van der Waals surface area contributed by atoms with Crippen LogP contribution in [0.4, 0.5) is 0 Å². The fourth-order valence-corrected chi connectivity index (χ4v) is 3.05. The number of para-hydroxylation sites is 1. The van der Waals surface area contributed by atoms with Crippen molar-refractivity contribution in [3.05, 3.63) is 29.8 Å². The maximum Gasteiger partial charge on any atom is 0.128 e. The first kappa shape index (κ1) is 14.4. The lowest BCUT2D eigenvalue weighted by atomic mass is 9.91. The molecule has 0 saturated carbocycles. The van der Waals surface area contributed by atoms with E-state index in [0.29, 0.717) is 18.9 Å². The molecule has 0 amide bonds. The molecular weight excluding hydrogens is 270 g/mol. The van der Waals surface area contributed by atoms with Gasteiger partial charge in [-0.15, -0.1) is 0 Å². The zero-order chi connectivity index (χ0) is 14.7. The van der Waals surface area contributed by atoms with E-state index >= 15 is 0 Å². The number of hydrogen-bond acceptors (Lipinski definition) is 5. The van der Waals surface area contributed by atoms with Crippen molar-refractivity contribution in [2.24, 2.45) is 5.16 Å². The summed E-state index contributed by atoms with van der Waals surface area (Å²) in [5.74, 6) is 0.758. The van der Waals surface area contributed by atoms with Crippen LogP contribution < -0.4 is 4.74 Å². The standard InChI is InChI=1S/C16H21NO4/c1-12(17-18)14-4-2-3-5-15(14)21-13-6-8-20-16(10-13)7-9-19-11-16/h2-5,13,18H,6-11H2,1H3/b17-12-. The SMILES string of the molecule is C/C(=N/O)c1ccccc1OC1CCOC2(CCOC2)C1. The van der Waals surface area contributed by atoms with Crippen LogP contribution in [0.1, 0.15) is 31.7 Å². The van der Waals surface area contributed by atoms with Gasteiger partial charge < -0.3 is 19.4 Å². The number of hydrogen-bond donors (Lipinski definition) is 1. The third-order valence-electron chi connectivity index (χ3n) is 4.24. The van der Waals surface area contributed by atoms with E-state index in [1.54, 1.807) is 6.92 Å². The minimum atomic E-state index is -0.169. The van der Waals surface area contributed by atoms with Crippen molar-refractivity contribution in [2.45, 2.75) is 37.9 Å². The monoisotopic (exact) mass is 291 g/mol. The van der Waals surface area contributed by atoms with Crippen molar-refractivity contribution in [3.63, 3.8) is 0 Å². The topological polar surface area (TPSA) is 60.3 Å². The molecule has 2 saturated heterocycles. The average Bonchev–Trinajstić information content (AvgIpc) is 2.95. The molecule has 1 aromatic rings. The Morgan fingerprint density at radius 3 is 3.00 bits per heavy atom. The van der Waals surface area contributed by atoms with Crippen LogP contribution in [0.2, 0.25) is 0 Å². The zero-order valence-electron chi connectivity index (χ0n) is 12.2. The second-order valence-corrected chi connectivity index (χ2v) is 5.75. The average molecular weight is 291 g/mol. The van der Waals surface area contributed by atoms with Gasteiger partial charge in [0.15, 0.2) is 0 Å². The van der Waals surface area contributed by atoms with Gasteiger partial charge in [0, 0.05) is 31.4 Å². The molecular formula is C16H21NO4. The predicted molar refractivity (Wildman–Crippen MR) is 78.2 cm³/mol. The molecule has 3 rings (SSSR count). The van der Waals surface area contributed by atoms with E-state index in [9.17, 15) is 0 Å². The van der Waals surface area contributed by atoms with Crippen LogP contribution in [0, 0.1) is 0 Å². The quantitative estimate of drug-likeness (QED) is 0.528. The van der Waals surface area contributed by atoms with Crippen LogP contribution in [0.15, 0.2) is 29.4 Å². The van der Waals surface area contributed by atoms with Crippen molar-refractivity contribution in [3.8, 4) is 5.75 Å². The summed E-state index contributed by atoms with van der Waals surface area (Å²) in [6.07, 6.45) is 2.75. The Kier molecular flexibility index (Phi) is 4.12. The Labute approximate surface area is 124 Å². The first-order chi connectivity index (χ1) is 10.2. The Bertz CT molecular complexity index is 523. The summed E-state index contributed by atoms with van der Waals surface area (Å²) in [5.41, 5.74) is 1.21. The Hall–Kier alpha value is -1.59. The minimum absolute atomic E-state index is 0.105. The summed E-state index contributed by atoms with van der Waals surface area (Å²) in [5, 5.41) is 12.3. The molecule has 2 fully saturated rings. The fraction of sp³-hybridized carbons (Fsp3) is 0.562. The minimum Gasteiger partial charge on any atom is -0.490 e. The van der Waals surface area contributed by atoms with Crippen molar-refractivity contribution in [2.75, 3.05) is 19.8 Å². The van der Waals surface area contributed by atoms with Crippen LogP contribution in [0.25, 0.3) is 0 Å². The van der Waals surface area contributed by atoms with E-state index in [1.165, 1.54) is 0 Å². The Morgan fingerprint density at radius 1 is 1.38 bits per heavy atom. The van der Waals surface area contributed by atoms with Crippen molar-refractivity contribution in [1.29, 1.82) is 0 Å². The zero-order valence-corrected chi connectivity index (χ0v) is 12.2. The van der Waals surface area contributed by atoms with Crippen LogP contribution in [0.5, 0.6) is 5.75 Å². The highest BCUT2D eigenvalue weighted by molar-refractivity contribution is 6.00. The van der Waals surface area contributed by atoms with E-state index in [0.717, 1.165) is 37.2 Å². The normalized spacial score (nSPS) is 29.8. The molecule has 1 N–H and O–H groups in total. The highest BCUT2D eigenvalue weighted by atomic mass is 16.6. The van der Waals surface area contributed by atoms with Crippen molar-refractivity contribution < 1.29 is 19.4 Å². The molecule has 0 aliphatic carbocycles. The molecule has 0 radical (unpaired) electrons. The van der Waals surface area contributed by atoms with Crippen LogP contribution >= 0.6 is 0 Å². The predicted octanol–water partition coefficient (Wildman–Crippen LogP) is 2.60. The molecule has 21 heavy (non-hydrogen) atoms. The molecule has 0 bridgehead atoms. The number of oxime groups is 1. The summed E-state index contributed by atoms with van der Waals surface area (Å²) in [7, 11) is 0. The van der Waals surface area contributed by atoms with Crippen molar-refractivity contribution in [1.82, 2.24) is 0 Å². The molecule has 2 aliphatic heterocycles. The molecule has 2 aliphatic rings. The largest absolute Gasteiger partial charge is 0.490 e. The summed E-state index contributed by atoms with van der Waals surface area (Å²) < 4.78 is 17.6. The van der Waals surface area contributed by atoms with Gasteiger partial charge in [-0.3, -0.25) is 0 Å². The Balaban J connectivity index is 1.74. The van der Waals surface area contributed by atoms with E-state index in [-0.39, 0.29) is 11.7 Å². The molecule has 0 aromatic heterocycles. The number of rotatable bonds is 3. The third kappa shape index (κ3) is 3.04. The van der Waals surface area contributed by atoms with Gasteiger partial charge in [-0.25, -0.2) is 0 Å². The number of benzene rings is 1. The maximum atomic E-state index is 8.98. The van der Waals surface area contributed by atoms with Gasteiger partial charge in [0.1, 0.15) is 11.9 Å². The maximum absolute atomic E-state index is 8.98. The molecule has 114 valence electrons. The van der Waals surface area contributed by atoms with E-state index < -0.39 is 0 Å². The van der Waals surface area contributed by atoms with Gasteiger partial charge >= 0.3 is 0 Å². The molecule has 5 heteroatoms. The van der Waals surface area contributed by atoms with Crippen LogP contribution in [0.3, 0.4) is 0 Å². The third-order valence-corrected chi connectivity index (χ3v) is 4.24. The number of ether oxygens (including phenoxy) is 3. The van der Waals surface area contributed by atoms with Gasteiger partial charge in [-0.2, -0.15) is 0 Å². The summed E-state index contributed by atoms with van der Waals surface area (Å²) >= 11 is 0.